The first-order valence-corrected chi connectivity index (χ1v) is 12.8. The van der Waals surface area contributed by atoms with E-state index in [1.54, 1.807) is 36.4 Å². The Balaban J connectivity index is 1.34. The molecule has 0 radical (unpaired) electrons. The van der Waals surface area contributed by atoms with E-state index in [4.69, 9.17) is 0 Å². The Bertz CT molecular complexity index is 1170. The summed E-state index contributed by atoms with van der Waals surface area (Å²) < 4.78 is 26.6. The maximum Gasteiger partial charge on any atom is 0.261 e. The Morgan fingerprint density at radius 3 is 2.42 bits per heavy atom. The molecular weight excluding hydrogens is 442 g/mol. The summed E-state index contributed by atoms with van der Waals surface area (Å²) in [5.41, 5.74) is 2.98. The van der Waals surface area contributed by atoms with Gasteiger partial charge in [0.05, 0.1) is 22.6 Å². The van der Waals surface area contributed by atoms with E-state index in [2.05, 4.69) is 5.32 Å². The second-order valence-electron chi connectivity index (χ2n) is 8.29. The summed E-state index contributed by atoms with van der Waals surface area (Å²) in [4.78, 5) is 38.4. The van der Waals surface area contributed by atoms with Gasteiger partial charge in [0.25, 0.3) is 11.8 Å². The normalized spacial score (nSPS) is 15.4. The number of carbonyl (C=O) groups is 3. The Kier molecular flexibility index (Phi) is 6.51. The molecule has 2 aromatic carbocycles. The topological polar surface area (TPSA) is 104 Å². The lowest BCUT2D eigenvalue weighted by Crippen LogP contribution is -2.37. The van der Waals surface area contributed by atoms with Crippen molar-refractivity contribution < 1.29 is 22.8 Å². The number of hydrogen-bond donors (Lipinski definition) is 1. The fourth-order valence-electron chi connectivity index (χ4n) is 4.36. The molecule has 0 unspecified atom stereocenters. The van der Waals surface area contributed by atoms with Gasteiger partial charge in [0.1, 0.15) is 0 Å². The molecule has 0 bridgehead atoms. The highest BCUT2D eigenvalue weighted by Crippen LogP contribution is 2.32. The van der Waals surface area contributed by atoms with Crippen LogP contribution in [0.1, 0.15) is 58.9 Å². The Hall–Kier alpha value is -3.20. The molecule has 0 aromatic heterocycles. The fraction of sp³-hybridized carbons (Fsp3) is 0.375. The Morgan fingerprint density at radius 2 is 1.76 bits per heavy atom. The monoisotopic (exact) mass is 469 g/mol. The van der Waals surface area contributed by atoms with Gasteiger partial charge in [0.15, 0.2) is 0 Å². The molecule has 0 fully saturated rings. The number of fused-ring (bicyclic) bond motifs is 2. The van der Waals surface area contributed by atoms with Crippen molar-refractivity contribution in [2.24, 2.45) is 0 Å². The van der Waals surface area contributed by atoms with Crippen LogP contribution in [0.25, 0.3) is 0 Å². The number of carbonyl (C=O) groups excluding carboxylic acids is 3. The highest BCUT2D eigenvalue weighted by molar-refractivity contribution is 7.92. The minimum atomic E-state index is -3.35. The fourth-order valence-corrected chi connectivity index (χ4v) is 5.98. The highest BCUT2D eigenvalue weighted by atomic mass is 32.2. The summed E-state index contributed by atoms with van der Waals surface area (Å²) in [7, 11) is -3.35. The zero-order chi connectivity index (χ0) is 23.6. The van der Waals surface area contributed by atoms with Crippen molar-refractivity contribution in [1.82, 2.24) is 4.90 Å². The maximum absolute atomic E-state index is 12.6. The number of nitrogens with one attached hydrogen (secondary N) is 1. The van der Waals surface area contributed by atoms with Crippen molar-refractivity contribution in [1.29, 1.82) is 0 Å². The molecule has 8 nitrogen and oxygen atoms in total. The summed E-state index contributed by atoms with van der Waals surface area (Å²) in [6, 6.07) is 12.0. The van der Waals surface area contributed by atoms with E-state index in [-0.39, 0.29) is 36.4 Å². The number of anilines is 2. The second kappa shape index (κ2) is 9.35. The molecule has 3 amide bonds. The van der Waals surface area contributed by atoms with Gasteiger partial charge in [-0.25, -0.2) is 8.42 Å². The van der Waals surface area contributed by atoms with Crippen molar-refractivity contribution in [2.45, 2.75) is 39.0 Å². The second-order valence-corrected chi connectivity index (χ2v) is 10.3. The number of amides is 3. The van der Waals surface area contributed by atoms with Crippen LogP contribution in [-0.2, 0) is 21.2 Å². The smallest absolute Gasteiger partial charge is 0.261 e. The van der Waals surface area contributed by atoms with Crippen molar-refractivity contribution in [3.8, 4) is 0 Å². The molecule has 4 rings (SSSR count). The predicted octanol–water partition coefficient (Wildman–Crippen LogP) is 3.19. The third kappa shape index (κ3) is 4.64. The summed E-state index contributed by atoms with van der Waals surface area (Å²) in [6.07, 6.45) is 2.54. The zero-order valence-corrected chi connectivity index (χ0v) is 19.4. The highest BCUT2D eigenvalue weighted by Gasteiger charge is 2.34. The molecule has 33 heavy (non-hydrogen) atoms. The Labute approximate surface area is 193 Å². The van der Waals surface area contributed by atoms with E-state index in [1.807, 2.05) is 13.0 Å². The number of aryl methyl sites for hydroxylation is 1. The lowest BCUT2D eigenvalue weighted by atomic mass is 10.0. The van der Waals surface area contributed by atoms with Crippen molar-refractivity contribution >= 4 is 39.1 Å². The van der Waals surface area contributed by atoms with Gasteiger partial charge in [-0.15, -0.1) is 0 Å². The van der Waals surface area contributed by atoms with Gasteiger partial charge in [-0.3, -0.25) is 23.6 Å². The largest absolute Gasteiger partial charge is 0.326 e. The molecule has 1 N–H and O–H groups in total. The summed E-state index contributed by atoms with van der Waals surface area (Å²) >= 11 is 0. The van der Waals surface area contributed by atoms with E-state index >= 15 is 0 Å². The van der Waals surface area contributed by atoms with Gasteiger partial charge in [-0.2, -0.15) is 0 Å². The molecule has 0 atom stereocenters. The van der Waals surface area contributed by atoms with Crippen LogP contribution in [0.5, 0.6) is 0 Å². The molecular formula is C24H27N3O5S. The van der Waals surface area contributed by atoms with E-state index in [0.29, 0.717) is 41.9 Å². The van der Waals surface area contributed by atoms with Crippen LogP contribution in [0.4, 0.5) is 11.4 Å². The molecule has 0 aliphatic carbocycles. The summed E-state index contributed by atoms with van der Waals surface area (Å²) in [5, 5.41) is 2.84. The van der Waals surface area contributed by atoms with Gasteiger partial charge in [-0.1, -0.05) is 19.1 Å². The van der Waals surface area contributed by atoms with Crippen LogP contribution in [0, 0.1) is 0 Å². The first-order valence-electron chi connectivity index (χ1n) is 11.2. The van der Waals surface area contributed by atoms with E-state index < -0.39 is 10.0 Å². The standard InChI is InChI=1S/C24H27N3O5S/c1-2-15-33(31,32)27-14-5-7-17-16-18(11-12-21(17)27)25-22(28)10-6-13-26-23(29)19-8-3-4-9-20(19)24(26)30/h3-4,8-9,11-12,16H,2,5-7,10,13-15H2,1H3,(H,25,28). The van der Waals surface area contributed by atoms with Gasteiger partial charge >= 0.3 is 0 Å². The number of rotatable bonds is 8. The van der Waals surface area contributed by atoms with Crippen LogP contribution in [0.2, 0.25) is 0 Å². The zero-order valence-electron chi connectivity index (χ0n) is 18.5. The summed E-state index contributed by atoms with van der Waals surface area (Å²) in [5.74, 6) is -0.766. The lowest BCUT2D eigenvalue weighted by Gasteiger charge is -2.30. The van der Waals surface area contributed by atoms with Gasteiger partial charge < -0.3 is 5.32 Å². The van der Waals surface area contributed by atoms with Gasteiger partial charge in [0, 0.05) is 25.2 Å². The number of hydrogen-bond acceptors (Lipinski definition) is 5. The molecule has 2 aliphatic rings. The van der Waals surface area contributed by atoms with Crippen LogP contribution in [0.15, 0.2) is 42.5 Å². The minimum absolute atomic E-state index is 0.109. The quantitative estimate of drug-likeness (QED) is 0.598. The van der Waals surface area contributed by atoms with Crippen LogP contribution in [0.3, 0.4) is 0 Å². The Morgan fingerprint density at radius 1 is 1.06 bits per heavy atom. The first-order chi connectivity index (χ1) is 15.8. The molecule has 2 aliphatic heterocycles. The predicted molar refractivity (Wildman–Crippen MR) is 126 cm³/mol. The van der Waals surface area contributed by atoms with Crippen LogP contribution in [-0.4, -0.2) is 49.9 Å². The van der Waals surface area contributed by atoms with Gasteiger partial charge in [-0.05, 0) is 61.6 Å². The molecule has 0 saturated heterocycles. The third-order valence-electron chi connectivity index (χ3n) is 5.90. The van der Waals surface area contributed by atoms with Gasteiger partial charge in [0.2, 0.25) is 15.9 Å². The number of nitrogens with zero attached hydrogens (tertiary/aromatic N) is 2. The van der Waals surface area contributed by atoms with E-state index in [1.165, 1.54) is 9.21 Å². The first kappa shape index (κ1) is 23.0. The van der Waals surface area contributed by atoms with Crippen molar-refractivity contribution in [2.75, 3.05) is 28.5 Å². The van der Waals surface area contributed by atoms with Crippen molar-refractivity contribution in [3.05, 3.63) is 59.2 Å². The van der Waals surface area contributed by atoms with E-state index in [0.717, 1.165) is 18.4 Å². The average molecular weight is 470 g/mol. The third-order valence-corrected chi connectivity index (χ3v) is 7.88. The number of sulfonamides is 1. The molecule has 0 saturated carbocycles. The van der Waals surface area contributed by atoms with Crippen LogP contribution < -0.4 is 9.62 Å². The minimum Gasteiger partial charge on any atom is -0.326 e. The number of benzene rings is 2. The maximum atomic E-state index is 12.6. The van der Waals surface area contributed by atoms with Crippen LogP contribution >= 0.6 is 0 Å². The molecule has 2 aromatic rings. The molecule has 9 heteroatoms. The molecule has 2 heterocycles. The average Bonchev–Trinajstić information content (AvgIpc) is 3.03. The molecule has 0 spiro atoms. The summed E-state index contributed by atoms with van der Waals surface area (Å²) in [6.45, 7) is 2.49. The number of imide groups is 1. The lowest BCUT2D eigenvalue weighted by molar-refractivity contribution is -0.116. The van der Waals surface area contributed by atoms with Crippen molar-refractivity contribution in [3.63, 3.8) is 0 Å². The molecule has 174 valence electrons. The van der Waals surface area contributed by atoms with E-state index in [9.17, 15) is 22.8 Å². The SMILES string of the molecule is CCCS(=O)(=O)N1CCCc2cc(NC(=O)CCCN3C(=O)c4ccccc4C3=O)ccc21.